The fourth-order valence-corrected chi connectivity index (χ4v) is 3.78. The molecular weight excluding hydrogens is 434 g/mol. The Balaban J connectivity index is 1.32. The lowest BCUT2D eigenvalue weighted by Gasteiger charge is -2.34. The topological polar surface area (TPSA) is 108 Å². The van der Waals surface area contributed by atoms with Gasteiger partial charge in [-0.05, 0) is 43.7 Å². The van der Waals surface area contributed by atoms with Gasteiger partial charge in [-0.2, -0.15) is 0 Å². The maximum absolute atomic E-state index is 13.1. The third-order valence-corrected chi connectivity index (χ3v) is 5.69. The summed E-state index contributed by atoms with van der Waals surface area (Å²) in [4.78, 5) is 41.6. The van der Waals surface area contributed by atoms with Crippen LogP contribution in [0.3, 0.4) is 0 Å². The molecule has 0 spiro atoms. The number of nitrogens with zero attached hydrogens (tertiary/aromatic N) is 3. The Kier molecular flexibility index (Phi) is 7.03. The molecule has 4 rings (SSSR count). The molecule has 3 amide bonds. The Labute approximate surface area is 197 Å². The first-order valence-corrected chi connectivity index (χ1v) is 11.1. The van der Waals surface area contributed by atoms with Gasteiger partial charge in [0.15, 0.2) is 5.82 Å². The van der Waals surface area contributed by atoms with Gasteiger partial charge in [0, 0.05) is 49.1 Å². The van der Waals surface area contributed by atoms with Crippen LogP contribution < -0.4 is 10.6 Å². The van der Waals surface area contributed by atoms with Crippen LogP contribution in [0.2, 0.25) is 0 Å². The van der Waals surface area contributed by atoms with E-state index in [-0.39, 0.29) is 24.3 Å². The van der Waals surface area contributed by atoms with Crippen molar-refractivity contribution in [1.29, 1.82) is 0 Å². The third-order valence-electron chi connectivity index (χ3n) is 5.69. The number of piperazine rings is 1. The number of benzene rings is 2. The molecule has 0 atom stereocenters. The fraction of sp³-hybridized carbons (Fsp3) is 0.280. The molecule has 2 aromatic carbocycles. The molecule has 1 saturated heterocycles. The zero-order valence-corrected chi connectivity index (χ0v) is 19.2. The van der Waals surface area contributed by atoms with Gasteiger partial charge in [-0.3, -0.25) is 19.3 Å². The van der Waals surface area contributed by atoms with Crippen LogP contribution in [-0.2, 0) is 4.79 Å². The quantitative estimate of drug-likeness (QED) is 0.584. The first-order valence-electron chi connectivity index (χ1n) is 11.1. The first-order chi connectivity index (χ1) is 16.4. The molecule has 2 heterocycles. The normalized spacial score (nSPS) is 14.0. The van der Waals surface area contributed by atoms with E-state index >= 15 is 0 Å². The fourth-order valence-electron chi connectivity index (χ4n) is 3.78. The van der Waals surface area contributed by atoms with Crippen molar-refractivity contribution in [2.24, 2.45) is 0 Å². The predicted octanol–water partition coefficient (Wildman–Crippen LogP) is 2.94. The Morgan fingerprint density at radius 1 is 0.912 bits per heavy atom. The van der Waals surface area contributed by atoms with E-state index in [4.69, 9.17) is 4.52 Å². The van der Waals surface area contributed by atoms with Gasteiger partial charge in [0.2, 0.25) is 5.91 Å². The van der Waals surface area contributed by atoms with Crippen molar-refractivity contribution in [3.63, 3.8) is 0 Å². The summed E-state index contributed by atoms with van der Waals surface area (Å²) in [5.41, 5.74) is 2.55. The van der Waals surface area contributed by atoms with Gasteiger partial charge in [-0.25, -0.2) is 0 Å². The minimum atomic E-state index is -0.221. The summed E-state index contributed by atoms with van der Waals surface area (Å²) < 4.78 is 4.95. The Morgan fingerprint density at radius 2 is 1.65 bits per heavy atom. The van der Waals surface area contributed by atoms with Crippen LogP contribution in [0.15, 0.2) is 59.1 Å². The number of aryl methyl sites for hydroxylation is 2. The molecule has 1 aliphatic rings. The second kappa shape index (κ2) is 10.3. The molecule has 1 fully saturated rings. The van der Waals surface area contributed by atoms with Crippen LogP contribution >= 0.6 is 0 Å². The summed E-state index contributed by atoms with van der Waals surface area (Å²) in [5, 5.41) is 9.37. The summed E-state index contributed by atoms with van der Waals surface area (Å²) >= 11 is 0. The highest BCUT2D eigenvalue weighted by atomic mass is 16.5. The van der Waals surface area contributed by atoms with Crippen molar-refractivity contribution in [3.8, 4) is 0 Å². The van der Waals surface area contributed by atoms with Crippen molar-refractivity contribution >= 4 is 29.2 Å². The van der Waals surface area contributed by atoms with Crippen LogP contribution in [0.4, 0.5) is 11.5 Å². The van der Waals surface area contributed by atoms with E-state index in [1.165, 1.54) is 0 Å². The highest BCUT2D eigenvalue weighted by Gasteiger charge is 2.24. The number of nitrogens with one attached hydrogen (secondary N) is 2. The monoisotopic (exact) mass is 461 g/mol. The minimum Gasteiger partial charge on any atom is -0.360 e. The van der Waals surface area contributed by atoms with Crippen molar-refractivity contribution in [1.82, 2.24) is 15.0 Å². The number of rotatable bonds is 6. The summed E-state index contributed by atoms with van der Waals surface area (Å²) in [6, 6.07) is 15.9. The third kappa shape index (κ3) is 5.68. The van der Waals surface area contributed by atoms with E-state index in [1.807, 2.05) is 24.0 Å². The number of anilines is 2. The summed E-state index contributed by atoms with van der Waals surface area (Å²) in [6.07, 6.45) is 0. The van der Waals surface area contributed by atoms with Gasteiger partial charge in [0.05, 0.1) is 6.54 Å². The highest BCUT2D eigenvalue weighted by Crippen LogP contribution is 2.20. The average Bonchev–Trinajstić information content (AvgIpc) is 3.25. The molecule has 2 N–H and O–H groups in total. The van der Waals surface area contributed by atoms with Crippen LogP contribution in [0.5, 0.6) is 0 Å². The molecule has 9 nitrogen and oxygen atoms in total. The molecule has 3 aromatic rings. The number of carbonyl (C=O) groups is 3. The molecule has 0 unspecified atom stereocenters. The van der Waals surface area contributed by atoms with Gasteiger partial charge >= 0.3 is 0 Å². The van der Waals surface area contributed by atoms with Crippen LogP contribution in [-0.4, -0.2) is 65.4 Å². The lowest BCUT2D eigenvalue weighted by atomic mass is 10.1. The number of hydrogen-bond acceptors (Lipinski definition) is 6. The van der Waals surface area contributed by atoms with Crippen molar-refractivity contribution in [3.05, 3.63) is 77.0 Å². The van der Waals surface area contributed by atoms with E-state index in [0.29, 0.717) is 54.6 Å². The summed E-state index contributed by atoms with van der Waals surface area (Å²) in [6.45, 7) is 6.05. The molecule has 1 aliphatic heterocycles. The second-order valence-corrected chi connectivity index (χ2v) is 8.29. The van der Waals surface area contributed by atoms with Gasteiger partial charge in [-0.15, -0.1) is 0 Å². The lowest BCUT2D eigenvalue weighted by Crippen LogP contribution is -2.50. The Morgan fingerprint density at radius 3 is 2.32 bits per heavy atom. The second-order valence-electron chi connectivity index (χ2n) is 8.29. The Hall–Kier alpha value is -3.98. The van der Waals surface area contributed by atoms with E-state index < -0.39 is 0 Å². The van der Waals surface area contributed by atoms with Gasteiger partial charge in [0.25, 0.3) is 11.8 Å². The number of amides is 3. The van der Waals surface area contributed by atoms with Crippen LogP contribution in [0, 0.1) is 13.8 Å². The molecule has 0 radical (unpaired) electrons. The minimum absolute atomic E-state index is 0.0996. The Bertz CT molecular complexity index is 1180. The van der Waals surface area contributed by atoms with Gasteiger partial charge < -0.3 is 20.1 Å². The molecule has 9 heteroatoms. The van der Waals surface area contributed by atoms with Crippen LogP contribution in [0.1, 0.15) is 32.0 Å². The van der Waals surface area contributed by atoms with Crippen molar-refractivity contribution < 1.29 is 18.9 Å². The largest absolute Gasteiger partial charge is 0.360 e. The van der Waals surface area contributed by atoms with Crippen molar-refractivity contribution in [2.75, 3.05) is 43.4 Å². The maximum Gasteiger partial charge on any atom is 0.255 e. The van der Waals surface area contributed by atoms with E-state index in [1.54, 1.807) is 54.3 Å². The molecule has 0 aliphatic carbocycles. The average molecular weight is 462 g/mol. The van der Waals surface area contributed by atoms with E-state index in [9.17, 15) is 14.4 Å². The maximum atomic E-state index is 13.1. The number of hydrogen-bond donors (Lipinski definition) is 2. The smallest absolute Gasteiger partial charge is 0.255 e. The highest BCUT2D eigenvalue weighted by molar-refractivity contribution is 6.05. The van der Waals surface area contributed by atoms with Gasteiger partial charge in [0.1, 0.15) is 5.76 Å². The van der Waals surface area contributed by atoms with E-state index in [0.717, 1.165) is 5.56 Å². The molecule has 1 aromatic heterocycles. The number of aromatic nitrogens is 1. The molecule has 34 heavy (non-hydrogen) atoms. The summed E-state index contributed by atoms with van der Waals surface area (Å²) in [7, 11) is 0. The first kappa shape index (κ1) is 23.2. The molecule has 0 bridgehead atoms. The predicted molar refractivity (Wildman–Crippen MR) is 128 cm³/mol. The SMILES string of the molecule is Cc1cc(NC(=O)CN2CCN(C(=O)c3ccc(C)c(NC(=O)c4ccccc4)c3)CC2)no1. The molecule has 176 valence electrons. The van der Waals surface area contributed by atoms with Crippen molar-refractivity contribution in [2.45, 2.75) is 13.8 Å². The number of carbonyl (C=O) groups excluding carboxylic acids is 3. The standard InChI is InChI=1S/C25H27N5O4/c1-17-8-9-20(15-21(17)26-24(32)19-6-4-3-5-7-19)25(33)30-12-10-29(11-13-30)16-23(31)27-22-14-18(2)34-28-22/h3-9,14-15H,10-13,16H2,1-2H3,(H,26,32)(H,27,28,31). The molecular formula is C25H27N5O4. The summed E-state index contributed by atoms with van der Waals surface area (Å²) in [5.74, 6) is 0.524. The van der Waals surface area contributed by atoms with E-state index in [2.05, 4.69) is 15.8 Å². The molecule has 0 saturated carbocycles. The van der Waals surface area contributed by atoms with Crippen LogP contribution in [0.25, 0.3) is 0 Å². The lowest BCUT2D eigenvalue weighted by molar-refractivity contribution is -0.117. The zero-order valence-electron chi connectivity index (χ0n) is 19.2. The zero-order chi connectivity index (χ0) is 24.1. The van der Waals surface area contributed by atoms with Gasteiger partial charge in [-0.1, -0.05) is 29.4 Å².